The fourth-order valence-corrected chi connectivity index (χ4v) is 10.6. The third-order valence-corrected chi connectivity index (χ3v) is 13.3. The topological polar surface area (TPSA) is 43.1 Å². The molecule has 0 radical (unpaired) electrons. The molecule has 13 rings (SSSR count). The summed E-state index contributed by atoms with van der Waals surface area (Å²) in [4.78, 5) is 15.6. The summed E-state index contributed by atoms with van der Waals surface area (Å²) >= 11 is 1.88. The molecule has 0 amide bonds. The summed E-state index contributed by atoms with van der Waals surface area (Å²) in [5, 5.41) is 10.0. The van der Waals surface area contributed by atoms with Crippen molar-refractivity contribution in [2.24, 2.45) is 0 Å². The Hall–Kier alpha value is -7.73. The van der Waals surface area contributed by atoms with Crippen LogP contribution < -0.4 is 0 Å². The molecular weight excluding hydrogens is 749 g/mol. The lowest BCUT2D eigenvalue weighted by Crippen LogP contribution is -2.00. The number of para-hydroxylation sites is 2. The maximum Gasteiger partial charge on any atom is 0.164 e. The van der Waals surface area contributed by atoms with Gasteiger partial charge in [0.2, 0.25) is 0 Å². The van der Waals surface area contributed by atoms with E-state index in [1.807, 2.05) is 17.4 Å². The Morgan fingerprint density at radius 2 is 0.917 bits per heavy atom. The largest absolute Gasteiger partial charge is 0.307 e. The standard InChI is InChI=1S/C55H32N4S/c1-2-12-33(13-3-1)36-16-8-18-38(30-36)53-56-54(58-55(57-53)40-27-26-34-14-4-5-15-35(34)31-40)39-19-9-17-37(32-39)41-21-10-23-44-43-22-11-25-47-49(43)50-48(60-47)29-28-45-42-20-6-7-24-46(42)59(51(41)44)52(45)50/h1-32H. The van der Waals surface area contributed by atoms with Gasteiger partial charge in [-0.15, -0.1) is 11.3 Å². The third kappa shape index (κ3) is 5.00. The molecule has 0 bridgehead atoms. The molecule has 9 aromatic carbocycles. The molecule has 0 aliphatic carbocycles. The maximum absolute atomic E-state index is 5.24. The monoisotopic (exact) mass is 780 g/mol. The lowest BCUT2D eigenvalue weighted by Gasteiger charge is -2.12. The summed E-state index contributed by atoms with van der Waals surface area (Å²) in [6.45, 7) is 0. The summed E-state index contributed by atoms with van der Waals surface area (Å²) in [5.41, 5.74) is 11.0. The molecule has 0 spiro atoms. The minimum absolute atomic E-state index is 0.627. The van der Waals surface area contributed by atoms with E-state index >= 15 is 0 Å². The Morgan fingerprint density at radius 3 is 1.75 bits per heavy atom. The first-order valence-corrected chi connectivity index (χ1v) is 21.1. The van der Waals surface area contributed by atoms with Crippen LogP contribution in [0.4, 0.5) is 0 Å². The summed E-state index contributed by atoms with van der Waals surface area (Å²) in [7, 11) is 0. The average molecular weight is 781 g/mol. The summed E-state index contributed by atoms with van der Waals surface area (Å²) in [5.74, 6) is 1.90. The van der Waals surface area contributed by atoms with Gasteiger partial charge in [-0.05, 0) is 69.2 Å². The lowest BCUT2D eigenvalue weighted by molar-refractivity contribution is 1.07. The zero-order valence-corrected chi connectivity index (χ0v) is 33.0. The number of benzene rings is 9. The molecule has 4 heterocycles. The fraction of sp³-hybridized carbons (Fsp3) is 0. The Bertz CT molecular complexity index is 3840. The van der Waals surface area contributed by atoms with E-state index < -0.39 is 0 Å². The van der Waals surface area contributed by atoms with Crippen LogP contribution in [0.1, 0.15) is 0 Å². The molecule has 0 saturated heterocycles. The predicted molar refractivity (Wildman–Crippen MR) is 252 cm³/mol. The van der Waals surface area contributed by atoms with Gasteiger partial charge in [0.1, 0.15) is 0 Å². The second kappa shape index (κ2) is 12.9. The van der Waals surface area contributed by atoms with Gasteiger partial charge < -0.3 is 4.40 Å². The number of hydrogen-bond acceptors (Lipinski definition) is 4. The van der Waals surface area contributed by atoms with Crippen molar-refractivity contribution in [2.45, 2.75) is 0 Å². The molecule has 13 aromatic rings. The first kappa shape index (κ1) is 33.3. The van der Waals surface area contributed by atoms with Crippen LogP contribution in [0.15, 0.2) is 194 Å². The van der Waals surface area contributed by atoms with Gasteiger partial charge in [0.05, 0.1) is 16.6 Å². The van der Waals surface area contributed by atoms with Crippen molar-refractivity contribution < 1.29 is 0 Å². The summed E-state index contributed by atoms with van der Waals surface area (Å²) in [6.07, 6.45) is 0. The van der Waals surface area contributed by atoms with Crippen molar-refractivity contribution in [3.8, 4) is 56.4 Å². The Kier molecular flexibility index (Phi) is 7.14. The number of hydrogen-bond donors (Lipinski definition) is 0. The molecule has 5 heteroatoms. The van der Waals surface area contributed by atoms with Gasteiger partial charge in [-0.1, -0.05) is 158 Å². The Morgan fingerprint density at radius 1 is 0.333 bits per heavy atom. The molecule has 0 N–H and O–H groups in total. The Labute approximate surface area is 348 Å². The molecule has 4 aromatic heterocycles. The van der Waals surface area contributed by atoms with Gasteiger partial charge in [-0.3, -0.25) is 0 Å². The fourth-order valence-electron chi connectivity index (χ4n) is 9.44. The number of nitrogens with zero attached hydrogens (tertiary/aromatic N) is 4. The highest BCUT2D eigenvalue weighted by Gasteiger charge is 2.22. The van der Waals surface area contributed by atoms with Crippen LogP contribution in [0.5, 0.6) is 0 Å². The number of thiophene rings is 1. The van der Waals surface area contributed by atoms with E-state index in [1.54, 1.807) is 0 Å². The summed E-state index contributed by atoms with van der Waals surface area (Å²) in [6, 6.07) is 69.6. The highest BCUT2D eigenvalue weighted by atomic mass is 32.1. The lowest BCUT2D eigenvalue weighted by atomic mass is 9.98. The normalized spacial score (nSPS) is 12.0. The number of aromatic nitrogens is 4. The maximum atomic E-state index is 5.24. The van der Waals surface area contributed by atoms with Gasteiger partial charge >= 0.3 is 0 Å². The second-order valence-corrected chi connectivity index (χ2v) is 16.6. The van der Waals surface area contributed by atoms with Gasteiger partial charge in [-0.25, -0.2) is 15.0 Å². The van der Waals surface area contributed by atoms with E-state index in [0.29, 0.717) is 17.5 Å². The minimum Gasteiger partial charge on any atom is -0.307 e. The second-order valence-electron chi connectivity index (χ2n) is 15.6. The molecule has 60 heavy (non-hydrogen) atoms. The smallest absolute Gasteiger partial charge is 0.164 e. The zero-order valence-electron chi connectivity index (χ0n) is 32.2. The highest BCUT2D eigenvalue weighted by Crippen LogP contribution is 2.47. The first-order valence-electron chi connectivity index (χ1n) is 20.3. The quantitative estimate of drug-likeness (QED) is 0.175. The number of rotatable bonds is 5. The van der Waals surface area contributed by atoms with Crippen molar-refractivity contribution in [2.75, 3.05) is 0 Å². The molecule has 0 saturated carbocycles. The van der Waals surface area contributed by atoms with E-state index in [9.17, 15) is 0 Å². The van der Waals surface area contributed by atoms with Crippen molar-refractivity contribution in [1.29, 1.82) is 0 Å². The molecule has 278 valence electrons. The average Bonchev–Trinajstić information content (AvgIpc) is 3.83. The molecule has 0 atom stereocenters. The molecule has 4 nitrogen and oxygen atoms in total. The van der Waals surface area contributed by atoms with Crippen LogP contribution in [0, 0.1) is 0 Å². The highest BCUT2D eigenvalue weighted by molar-refractivity contribution is 7.26. The van der Waals surface area contributed by atoms with Gasteiger partial charge in [0.25, 0.3) is 0 Å². The van der Waals surface area contributed by atoms with Crippen molar-refractivity contribution >= 4 is 80.4 Å². The van der Waals surface area contributed by atoms with E-state index in [4.69, 9.17) is 15.0 Å². The van der Waals surface area contributed by atoms with Crippen molar-refractivity contribution in [3.05, 3.63) is 194 Å². The predicted octanol–water partition coefficient (Wildman–Crippen LogP) is 14.9. The van der Waals surface area contributed by atoms with Crippen LogP contribution in [0.2, 0.25) is 0 Å². The Balaban J connectivity index is 1.06. The van der Waals surface area contributed by atoms with E-state index in [-0.39, 0.29) is 0 Å². The van der Waals surface area contributed by atoms with E-state index in [0.717, 1.165) is 44.3 Å². The molecular formula is C55H32N4S. The van der Waals surface area contributed by atoms with Crippen molar-refractivity contribution in [3.63, 3.8) is 0 Å². The van der Waals surface area contributed by atoms with Gasteiger partial charge in [0.15, 0.2) is 17.5 Å². The van der Waals surface area contributed by atoms with Crippen molar-refractivity contribution in [1.82, 2.24) is 19.4 Å². The third-order valence-electron chi connectivity index (χ3n) is 12.1. The first-order chi connectivity index (χ1) is 29.7. The molecule has 0 fully saturated rings. The van der Waals surface area contributed by atoms with Crippen LogP contribution >= 0.6 is 11.3 Å². The SMILES string of the molecule is c1ccc(-c2cccc(-c3nc(-c4cccc(-c5cccc6c7cccc8sc9ccc%10c%11ccccc%11n(c56)c%10c9c87)c4)nc(-c4ccc5ccccc5c4)n3)c2)cc1. The molecule has 0 aliphatic heterocycles. The van der Waals surface area contributed by atoms with Crippen LogP contribution in [0.25, 0.3) is 125 Å². The van der Waals surface area contributed by atoms with E-state index in [1.165, 1.54) is 63.7 Å². The molecule has 0 aliphatic rings. The summed E-state index contributed by atoms with van der Waals surface area (Å²) < 4.78 is 5.16. The van der Waals surface area contributed by atoms with Crippen LogP contribution in [0.3, 0.4) is 0 Å². The minimum atomic E-state index is 0.627. The number of fused-ring (bicyclic) bond motifs is 7. The zero-order chi connectivity index (χ0) is 39.3. The van der Waals surface area contributed by atoms with E-state index in [2.05, 4.69) is 192 Å². The van der Waals surface area contributed by atoms with Crippen LogP contribution in [-0.4, -0.2) is 19.4 Å². The van der Waals surface area contributed by atoms with Gasteiger partial charge in [-0.2, -0.15) is 0 Å². The van der Waals surface area contributed by atoms with Crippen LogP contribution in [-0.2, 0) is 0 Å². The van der Waals surface area contributed by atoms with Gasteiger partial charge in [0, 0.05) is 58.6 Å². The molecule has 0 unspecified atom stereocenters.